The number of aryl methyl sites for hydroxylation is 1. The fraction of sp³-hybridized carbons (Fsp3) is 0.0370. The molecule has 274 valence electrons. The van der Waals surface area contributed by atoms with Crippen molar-refractivity contribution in [3.05, 3.63) is 211 Å². The number of para-hydroxylation sites is 5. The van der Waals surface area contributed by atoms with Crippen LogP contribution in [-0.4, -0.2) is 9.13 Å². The summed E-state index contributed by atoms with van der Waals surface area (Å²) in [6.45, 7) is 0. The van der Waals surface area contributed by atoms with Crippen molar-refractivity contribution in [2.24, 2.45) is 0 Å². The molecular formula is C54H37N3S. The molecule has 58 heavy (non-hydrogen) atoms. The zero-order chi connectivity index (χ0) is 38.2. The molecule has 4 heteroatoms. The number of hydrogen-bond acceptors (Lipinski definition) is 2. The van der Waals surface area contributed by atoms with Gasteiger partial charge in [0.25, 0.3) is 0 Å². The predicted molar refractivity (Wildman–Crippen MR) is 247 cm³/mol. The Hall–Kier alpha value is -7.14. The first-order chi connectivity index (χ1) is 28.8. The Kier molecular flexibility index (Phi) is 7.54. The molecule has 8 aromatic carbocycles. The third-order valence-electron chi connectivity index (χ3n) is 12.0. The zero-order valence-corrected chi connectivity index (χ0v) is 32.5. The SMILES string of the molecule is C1=C(N(c2ccccc2)c2ccccc2-c2ccc3c4ccccc4n(-c4ccc5sc6ccccc6c5c4)c3c2)CCc2c1n(-c1ccccc1)c1ccccc21. The van der Waals surface area contributed by atoms with Crippen LogP contribution in [-0.2, 0) is 6.42 Å². The number of hydrogen-bond donors (Lipinski definition) is 0. The molecule has 0 N–H and O–H groups in total. The van der Waals surface area contributed by atoms with Gasteiger partial charge in [-0.2, -0.15) is 0 Å². The molecule has 1 aliphatic carbocycles. The molecule has 3 nitrogen and oxygen atoms in total. The van der Waals surface area contributed by atoms with Crippen molar-refractivity contribution >= 4 is 81.7 Å². The molecule has 0 atom stereocenters. The standard InChI is InChI=1S/C54H37N3S/c1-3-15-37(16-4-1)55(40-28-31-45-43-21-8-12-24-49(43)56(52(45)35-40)38-17-5-2-6-18-38)48-23-11-7-19-41(48)36-27-30-44-42-20-9-13-25-50(42)57(51(44)33-36)39-29-32-54-47(34-39)46-22-10-14-26-53(46)58-54/h1-27,29-30,32-35H,28,31H2. The summed E-state index contributed by atoms with van der Waals surface area (Å²) in [4.78, 5) is 2.50. The maximum atomic E-state index is 2.50. The fourth-order valence-electron chi connectivity index (χ4n) is 9.47. The monoisotopic (exact) mass is 759 g/mol. The van der Waals surface area contributed by atoms with Gasteiger partial charge in [0.05, 0.1) is 27.9 Å². The van der Waals surface area contributed by atoms with Gasteiger partial charge < -0.3 is 14.0 Å². The van der Waals surface area contributed by atoms with Gasteiger partial charge in [-0.1, -0.05) is 121 Å². The molecular weight excluding hydrogens is 723 g/mol. The summed E-state index contributed by atoms with van der Waals surface area (Å²) in [6, 6.07) is 71.1. The summed E-state index contributed by atoms with van der Waals surface area (Å²) < 4.78 is 7.55. The number of thiophene rings is 1. The van der Waals surface area contributed by atoms with E-state index >= 15 is 0 Å². The highest BCUT2D eigenvalue weighted by Gasteiger charge is 2.26. The van der Waals surface area contributed by atoms with Crippen LogP contribution >= 0.6 is 11.3 Å². The lowest BCUT2D eigenvalue weighted by Crippen LogP contribution is -2.20. The van der Waals surface area contributed by atoms with Gasteiger partial charge in [-0.25, -0.2) is 0 Å². The van der Waals surface area contributed by atoms with E-state index in [0.29, 0.717) is 0 Å². The van der Waals surface area contributed by atoms with Crippen LogP contribution in [0.3, 0.4) is 0 Å². The minimum absolute atomic E-state index is 0.923. The van der Waals surface area contributed by atoms with Crippen molar-refractivity contribution in [2.75, 3.05) is 4.90 Å². The van der Waals surface area contributed by atoms with E-state index in [0.717, 1.165) is 18.5 Å². The van der Waals surface area contributed by atoms with E-state index in [1.54, 1.807) is 0 Å². The van der Waals surface area contributed by atoms with Crippen LogP contribution in [0.4, 0.5) is 11.4 Å². The topological polar surface area (TPSA) is 13.1 Å². The van der Waals surface area contributed by atoms with Gasteiger partial charge in [0.2, 0.25) is 0 Å². The minimum atomic E-state index is 0.923. The average molecular weight is 760 g/mol. The second-order valence-corrected chi connectivity index (χ2v) is 16.3. The number of nitrogens with zero attached hydrogens (tertiary/aromatic N) is 3. The summed E-state index contributed by atoms with van der Waals surface area (Å²) in [6.07, 6.45) is 4.33. The molecule has 12 rings (SSSR count). The lowest BCUT2D eigenvalue weighted by atomic mass is 9.95. The third kappa shape index (κ3) is 5.12. The van der Waals surface area contributed by atoms with Crippen LogP contribution in [0.5, 0.6) is 0 Å². The minimum Gasteiger partial charge on any atom is -0.314 e. The first-order valence-corrected chi connectivity index (χ1v) is 20.9. The molecule has 0 saturated heterocycles. The van der Waals surface area contributed by atoms with Crippen LogP contribution in [0.15, 0.2) is 200 Å². The molecule has 0 unspecified atom stereocenters. The molecule has 0 amide bonds. The molecule has 11 aromatic rings. The van der Waals surface area contributed by atoms with E-state index in [4.69, 9.17) is 0 Å². The summed E-state index contributed by atoms with van der Waals surface area (Å²) in [5, 5.41) is 6.46. The van der Waals surface area contributed by atoms with Gasteiger partial charge in [0, 0.05) is 64.7 Å². The van der Waals surface area contributed by atoms with E-state index in [1.807, 2.05) is 11.3 Å². The maximum absolute atomic E-state index is 2.50. The van der Waals surface area contributed by atoms with E-state index < -0.39 is 0 Å². The smallest absolute Gasteiger partial charge is 0.0547 e. The lowest BCUT2D eigenvalue weighted by molar-refractivity contribution is 0.887. The Morgan fingerprint density at radius 3 is 1.93 bits per heavy atom. The Labute approximate surface area is 340 Å². The van der Waals surface area contributed by atoms with Gasteiger partial charge in [-0.05, 0) is 103 Å². The Morgan fingerprint density at radius 2 is 1.09 bits per heavy atom. The van der Waals surface area contributed by atoms with Gasteiger partial charge in [0.1, 0.15) is 0 Å². The van der Waals surface area contributed by atoms with E-state index in [9.17, 15) is 0 Å². The molecule has 0 bridgehead atoms. The summed E-state index contributed by atoms with van der Waals surface area (Å²) in [7, 11) is 0. The molecule has 0 fully saturated rings. The normalized spacial score (nSPS) is 12.8. The zero-order valence-electron chi connectivity index (χ0n) is 31.7. The van der Waals surface area contributed by atoms with Crippen LogP contribution in [0.2, 0.25) is 0 Å². The lowest BCUT2D eigenvalue weighted by Gasteiger charge is -2.32. The number of allylic oxidation sites excluding steroid dienone is 1. The van der Waals surface area contributed by atoms with Gasteiger partial charge in [-0.3, -0.25) is 0 Å². The van der Waals surface area contributed by atoms with Crippen molar-refractivity contribution < 1.29 is 0 Å². The highest BCUT2D eigenvalue weighted by Crippen LogP contribution is 2.45. The molecule has 0 aliphatic heterocycles. The van der Waals surface area contributed by atoms with Crippen molar-refractivity contribution in [3.63, 3.8) is 0 Å². The fourth-order valence-corrected chi connectivity index (χ4v) is 10.6. The van der Waals surface area contributed by atoms with Crippen LogP contribution < -0.4 is 4.90 Å². The third-order valence-corrected chi connectivity index (χ3v) is 13.2. The molecule has 0 spiro atoms. The van der Waals surface area contributed by atoms with E-state index in [-0.39, 0.29) is 0 Å². The van der Waals surface area contributed by atoms with Crippen LogP contribution in [0.1, 0.15) is 17.7 Å². The highest BCUT2D eigenvalue weighted by atomic mass is 32.1. The van der Waals surface area contributed by atoms with E-state index in [1.165, 1.54) is 98.0 Å². The Balaban J connectivity index is 1.06. The predicted octanol–water partition coefficient (Wildman–Crippen LogP) is 14.9. The Morgan fingerprint density at radius 1 is 0.431 bits per heavy atom. The molecule has 3 aromatic heterocycles. The quantitative estimate of drug-likeness (QED) is 0.165. The largest absolute Gasteiger partial charge is 0.314 e. The summed E-state index contributed by atoms with van der Waals surface area (Å²) in [5.74, 6) is 0. The second kappa shape index (κ2) is 13.2. The van der Waals surface area contributed by atoms with Gasteiger partial charge >= 0.3 is 0 Å². The number of rotatable bonds is 6. The van der Waals surface area contributed by atoms with Gasteiger partial charge in [-0.15, -0.1) is 11.3 Å². The van der Waals surface area contributed by atoms with E-state index in [2.05, 4.69) is 214 Å². The average Bonchev–Trinajstić information content (AvgIpc) is 3.94. The number of anilines is 2. The van der Waals surface area contributed by atoms with Crippen molar-refractivity contribution in [1.29, 1.82) is 0 Å². The number of benzene rings is 8. The second-order valence-electron chi connectivity index (χ2n) is 15.2. The maximum Gasteiger partial charge on any atom is 0.0547 e. The van der Waals surface area contributed by atoms with Crippen molar-refractivity contribution in [3.8, 4) is 22.5 Å². The molecule has 3 heterocycles. The van der Waals surface area contributed by atoms with Crippen LogP contribution in [0, 0.1) is 0 Å². The van der Waals surface area contributed by atoms with Crippen LogP contribution in [0.25, 0.3) is 81.5 Å². The number of fused-ring (bicyclic) bond motifs is 9. The highest BCUT2D eigenvalue weighted by molar-refractivity contribution is 7.25. The summed E-state index contributed by atoms with van der Waals surface area (Å²) in [5.41, 5.74) is 14.7. The Bertz CT molecular complexity index is 3400. The molecule has 0 saturated carbocycles. The molecule has 1 aliphatic rings. The van der Waals surface area contributed by atoms with Crippen molar-refractivity contribution in [1.82, 2.24) is 9.13 Å². The molecule has 0 radical (unpaired) electrons. The summed E-state index contributed by atoms with van der Waals surface area (Å²) >= 11 is 1.87. The van der Waals surface area contributed by atoms with Gasteiger partial charge in [0.15, 0.2) is 0 Å². The van der Waals surface area contributed by atoms with Crippen molar-refractivity contribution in [2.45, 2.75) is 12.8 Å². The first kappa shape index (κ1) is 33.0. The first-order valence-electron chi connectivity index (χ1n) is 20.1. The number of aromatic nitrogens is 2.